The van der Waals surface area contributed by atoms with Crippen molar-refractivity contribution in [3.63, 3.8) is 0 Å². The van der Waals surface area contributed by atoms with E-state index >= 15 is 0 Å². The van der Waals surface area contributed by atoms with Crippen LogP contribution in [0.2, 0.25) is 0 Å². The van der Waals surface area contributed by atoms with E-state index in [0.717, 1.165) is 35.6 Å². The van der Waals surface area contributed by atoms with Crippen molar-refractivity contribution in [3.05, 3.63) is 179 Å². The number of anilines is 4. The number of nitrogens with one attached hydrogen (secondary N) is 2. The molecular weight excluding hydrogens is 617 g/mol. The first-order valence-electron chi connectivity index (χ1n) is 18.1. The van der Waals surface area contributed by atoms with Gasteiger partial charge in [-0.05, 0) is 149 Å². The fraction of sp³-hybridized carbons (Fsp3) is 0.143. The first kappa shape index (κ1) is 33.6. The second kappa shape index (κ2) is 14.9. The van der Waals surface area contributed by atoms with Gasteiger partial charge in [-0.15, -0.1) is 0 Å². The fourth-order valence-corrected chi connectivity index (χ4v) is 7.07. The molecule has 2 N–H and O–H groups in total. The van der Waals surface area contributed by atoms with E-state index in [1.807, 2.05) is 0 Å². The average molecular weight is 663 g/mol. The third-order valence-electron chi connectivity index (χ3n) is 9.96. The zero-order valence-electron chi connectivity index (χ0n) is 30.3. The number of benzene rings is 7. The minimum Gasteiger partial charge on any atom is -0.356 e. The maximum Gasteiger partial charge on any atom is 0.0387 e. The summed E-state index contributed by atoms with van der Waals surface area (Å²) < 4.78 is 0. The minimum absolute atomic E-state index is 0.969. The summed E-state index contributed by atoms with van der Waals surface area (Å²) in [6.07, 6.45) is 1.94. The van der Waals surface area contributed by atoms with Crippen LogP contribution < -0.4 is 10.6 Å². The smallest absolute Gasteiger partial charge is 0.0387 e. The van der Waals surface area contributed by atoms with Gasteiger partial charge in [0.1, 0.15) is 0 Å². The lowest BCUT2D eigenvalue weighted by Crippen LogP contribution is -1.99. The Morgan fingerprint density at radius 2 is 0.725 bits per heavy atom. The van der Waals surface area contributed by atoms with Crippen LogP contribution in [-0.2, 0) is 12.8 Å². The van der Waals surface area contributed by atoms with Gasteiger partial charge >= 0.3 is 0 Å². The highest BCUT2D eigenvalue weighted by atomic mass is 14.9. The van der Waals surface area contributed by atoms with E-state index in [9.17, 15) is 0 Å². The second-order valence-electron chi connectivity index (χ2n) is 13.6. The zero-order chi connectivity index (χ0) is 35.3. The summed E-state index contributed by atoms with van der Waals surface area (Å²) in [5.41, 5.74) is 21.1. The molecular formula is C49H46N2. The molecule has 2 heteroatoms. The number of rotatable bonds is 10. The fourth-order valence-electron chi connectivity index (χ4n) is 7.07. The molecule has 0 aromatic heterocycles. The summed E-state index contributed by atoms with van der Waals surface area (Å²) in [4.78, 5) is 0. The molecule has 51 heavy (non-hydrogen) atoms. The van der Waals surface area contributed by atoms with Crippen LogP contribution in [0, 0.1) is 20.8 Å². The van der Waals surface area contributed by atoms with E-state index in [2.05, 4.69) is 197 Å². The predicted octanol–water partition coefficient (Wildman–Crippen LogP) is 13.9. The largest absolute Gasteiger partial charge is 0.356 e. The van der Waals surface area contributed by atoms with Crippen LogP contribution >= 0.6 is 0 Å². The Kier molecular flexibility index (Phi) is 9.85. The summed E-state index contributed by atoms with van der Waals surface area (Å²) in [6.45, 7) is 11.1. The van der Waals surface area contributed by atoms with E-state index in [1.165, 1.54) is 72.3 Å². The lowest BCUT2D eigenvalue weighted by molar-refractivity contribution is 1.10. The molecule has 0 heterocycles. The van der Waals surface area contributed by atoms with E-state index in [-0.39, 0.29) is 0 Å². The molecule has 0 atom stereocenters. The lowest BCUT2D eigenvalue weighted by atomic mass is 9.86. The molecule has 0 saturated carbocycles. The number of hydrogen-bond acceptors (Lipinski definition) is 2. The molecule has 7 aromatic carbocycles. The first-order chi connectivity index (χ1) is 24.9. The molecule has 252 valence electrons. The van der Waals surface area contributed by atoms with Crippen LogP contribution in [0.25, 0.3) is 44.5 Å². The van der Waals surface area contributed by atoms with Crippen molar-refractivity contribution in [2.75, 3.05) is 10.6 Å². The van der Waals surface area contributed by atoms with Crippen molar-refractivity contribution >= 4 is 22.7 Å². The number of aryl methyl sites for hydroxylation is 5. The minimum atomic E-state index is 0.969. The molecule has 0 amide bonds. The summed E-state index contributed by atoms with van der Waals surface area (Å²) in [5, 5.41) is 7.24. The Balaban J connectivity index is 1.10. The molecule has 0 aliphatic carbocycles. The van der Waals surface area contributed by atoms with Crippen molar-refractivity contribution < 1.29 is 0 Å². The zero-order valence-corrected chi connectivity index (χ0v) is 30.3. The van der Waals surface area contributed by atoms with Gasteiger partial charge < -0.3 is 10.6 Å². The van der Waals surface area contributed by atoms with E-state index in [1.54, 1.807) is 0 Å². The van der Waals surface area contributed by atoms with Gasteiger partial charge in [-0.3, -0.25) is 0 Å². The monoisotopic (exact) mass is 662 g/mol. The standard InChI is InChI=1S/C49H46N2/c1-6-36-32-49(47-28-26-45(30-35(47)5)51-43-23-19-41(20-24-43)39-15-13-33(3)14-16-39)37(7-2)31-48(36)46-27-25-44(29-34(46)4)50-42-21-17-40(18-22-42)38-11-9-8-10-12-38/h8-32,50-51H,6-7H2,1-5H3. The Labute approximate surface area is 303 Å². The Morgan fingerprint density at radius 1 is 0.353 bits per heavy atom. The summed E-state index contributed by atoms with van der Waals surface area (Å²) in [5.74, 6) is 0. The molecule has 0 fully saturated rings. The molecule has 7 aromatic rings. The Morgan fingerprint density at radius 3 is 1.12 bits per heavy atom. The van der Waals surface area contributed by atoms with Gasteiger partial charge in [-0.25, -0.2) is 0 Å². The quantitative estimate of drug-likeness (QED) is 0.152. The predicted molar refractivity (Wildman–Crippen MR) is 221 cm³/mol. The van der Waals surface area contributed by atoms with Gasteiger partial charge in [0.15, 0.2) is 0 Å². The van der Waals surface area contributed by atoms with Gasteiger partial charge in [0.25, 0.3) is 0 Å². The third-order valence-corrected chi connectivity index (χ3v) is 9.96. The van der Waals surface area contributed by atoms with Crippen molar-refractivity contribution in [1.29, 1.82) is 0 Å². The summed E-state index contributed by atoms with van der Waals surface area (Å²) >= 11 is 0. The van der Waals surface area contributed by atoms with Crippen molar-refractivity contribution in [3.8, 4) is 44.5 Å². The maximum atomic E-state index is 3.62. The number of hydrogen-bond donors (Lipinski definition) is 2. The topological polar surface area (TPSA) is 24.1 Å². The molecule has 0 aliphatic rings. The van der Waals surface area contributed by atoms with Crippen LogP contribution in [-0.4, -0.2) is 0 Å². The van der Waals surface area contributed by atoms with Crippen LogP contribution in [0.1, 0.15) is 41.7 Å². The summed E-state index contributed by atoms with van der Waals surface area (Å²) in [6, 6.07) is 55.0. The molecule has 0 unspecified atom stereocenters. The van der Waals surface area contributed by atoms with Crippen LogP contribution in [0.4, 0.5) is 22.7 Å². The van der Waals surface area contributed by atoms with Gasteiger partial charge in [0.05, 0.1) is 0 Å². The second-order valence-corrected chi connectivity index (χ2v) is 13.6. The maximum absolute atomic E-state index is 3.62. The van der Waals surface area contributed by atoms with Crippen LogP contribution in [0.3, 0.4) is 0 Å². The lowest BCUT2D eigenvalue weighted by Gasteiger charge is -2.19. The molecule has 0 aliphatic heterocycles. The molecule has 0 radical (unpaired) electrons. The van der Waals surface area contributed by atoms with Crippen molar-refractivity contribution in [2.24, 2.45) is 0 Å². The highest BCUT2D eigenvalue weighted by Gasteiger charge is 2.15. The average Bonchev–Trinajstić information content (AvgIpc) is 3.16. The molecule has 0 saturated heterocycles. The summed E-state index contributed by atoms with van der Waals surface area (Å²) in [7, 11) is 0. The van der Waals surface area contributed by atoms with Crippen LogP contribution in [0.5, 0.6) is 0 Å². The van der Waals surface area contributed by atoms with E-state index < -0.39 is 0 Å². The third kappa shape index (κ3) is 7.51. The van der Waals surface area contributed by atoms with Crippen molar-refractivity contribution in [1.82, 2.24) is 0 Å². The van der Waals surface area contributed by atoms with Gasteiger partial charge in [0.2, 0.25) is 0 Å². The van der Waals surface area contributed by atoms with Gasteiger partial charge in [-0.1, -0.05) is 123 Å². The highest BCUT2D eigenvalue weighted by molar-refractivity contribution is 5.82. The normalized spacial score (nSPS) is 11.0. The molecule has 2 nitrogen and oxygen atoms in total. The highest BCUT2D eigenvalue weighted by Crippen LogP contribution is 2.38. The Hall–Kier alpha value is -5.86. The van der Waals surface area contributed by atoms with Crippen molar-refractivity contribution in [2.45, 2.75) is 47.5 Å². The van der Waals surface area contributed by atoms with E-state index in [0.29, 0.717) is 0 Å². The SMILES string of the molecule is CCc1cc(-c2ccc(Nc3ccc(-c4ccc(C)cc4)cc3)cc2C)c(CC)cc1-c1ccc(Nc2ccc(-c3ccccc3)cc2)cc1C. The first-order valence-corrected chi connectivity index (χ1v) is 18.1. The molecule has 0 bridgehead atoms. The Bertz CT molecular complexity index is 2260. The van der Waals surface area contributed by atoms with Gasteiger partial charge in [-0.2, -0.15) is 0 Å². The van der Waals surface area contributed by atoms with E-state index in [4.69, 9.17) is 0 Å². The molecule has 7 rings (SSSR count). The molecule has 0 spiro atoms. The van der Waals surface area contributed by atoms with Gasteiger partial charge in [0, 0.05) is 22.7 Å². The van der Waals surface area contributed by atoms with Crippen LogP contribution in [0.15, 0.2) is 152 Å².